The van der Waals surface area contributed by atoms with E-state index in [0.717, 1.165) is 51.4 Å². The van der Waals surface area contributed by atoms with Crippen molar-refractivity contribution in [2.24, 2.45) is 5.92 Å². The van der Waals surface area contributed by atoms with Gasteiger partial charge in [-0.05, 0) is 30.0 Å². The number of ether oxygens (including phenoxy) is 1. The van der Waals surface area contributed by atoms with E-state index >= 15 is 0 Å². The third kappa shape index (κ3) is 5.75. The number of nitrogens with one attached hydrogen (secondary N) is 1. The lowest BCUT2D eigenvalue weighted by molar-refractivity contribution is 0.135. The van der Waals surface area contributed by atoms with E-state index in [0.29, 0.717) is 5.92 Å². The Bertz CT molecular complexity index is 480. The van der Waals surface area contributed by atoms with Gasteiger partial charge in [-0.3, -0.25) is 4.90 Å². The second-order valence-electron chi connectivity index (χ2n) is 6.53. The second-order valence-corrected chi connectivity index (χ2v) is 6.53. The fourth-order valence-corrected chi connectivity index (χ4v) is 2.68. The van der Waals surface area contributed by atoms with Gasteiger partial charge in [0.1, 0.15) is 5.75 Å². The molecule has 1 fully saturated rings. The average molecular weight is 319 g/mol. The van der Waals surface area contributed by atoms with Gasteiger partial charge in [-0.2, -0.15) is 0 Å². The summed E-state index contributed by atoms with van der Waals surface area (Å²) in [5.74, 6) is 1.51. The number of urea groups is 1. The molecule has 2 rings (SSSR count). The van der Waals surface area contributed by atoms with Gasteiger partial charge in [0.25, 0.3) is 0 Å². The molecule has 2 amide bonds. The van der Waals surface area contributed by atoms with Gasteiger partial charge in [0.05, 0.1) is 7.11 Å². The topological polar surface area (TPSA) is 44.8 Å². The molecule has 128 valence electrons. The predicted octanol–water partition coefficient (Wildman–Crippen LogP) is 2.57. The van der Waals surface area contributed by atoms with E-state index < -0.39 is 0 Å². The summed E-state index contributed by atoms with van der Waals surface area (Å²) in [6, 6.07) is 8.27. The highest BCUT2D eigenvalue weighted by atomic mass is 16.5. The van der Waals surface area contributed by atoms with Crippen molar-refractivity contribution in [3.63, 3.8) is 0 Å². The van der Waals surface area contributed by atoms with Crippen molar-refractivity contribution in [2.45, 2.75) is 26.8 Å². The van der Waals surface area contributed by atoms with Crippen LogP contribution in [0.1, 0.15) is 25.8 Å². The molecule has 1 aliphatic heterocycles. The zero-order valence-corrected chi connectivity index (χ0v) is 14.5. The summed E-state index contributed by atoms with van der Waals surface area (Å²) in [6.07, 6.45) is 1.03. The van der Waals surface area contributed by atoms with Crippen molar-refractivity contribution < 1.29 is 9.53 Å². The van der Waals surface area contributed by atoms with Gasteiger partial charge in [-0.15, -0.1) is 0 Å². The number of piperazine rings is 1. The Morgan fingerprint density at radius 2 is 1.83 bits per heavy atom. The molecular formula is C18H29N3O2. The Morgan fingerprint density at radius 1 is 1.17 bits per heavy atom. The van der Waals surface area contributed by atoms with E-state index in [1.807, 2.05) is 17.0 Å². The normalized spacial score (nSPS) is 15.7. The molecule has 0 radical (unpaired) electrons. The van der Waals surface area contributed by atoms with Gasteiger partial charge in [0.2, 0.25) is 0 Å². The number of nitrogens with zero attached hydrogens (tertiary/aromatic N) is 2. The Hall–Kier alpha value is -1.75. The molecule has 0 bridgehead atoms. The number of carbonyl (C=O) groups excluding carboxylic acids is 1. The number of amides is 2. The Morgan fingerprint density at radius 3 is 2.39 bits per heavy atom. The standard InChI is InChI=1S/C18H29N3O2/c1-15(2)8-9-19-18(22)21-12-10-20(11-13-21)14-16-4-6-17(23-3)7-5-16/h4-7,15H,8-14H2,1-3H3,(H,19,22). The fourth-order valence-electron chi connectivity index (χ4n) is 2.68. The van der Waals surface area contributed by atoms with Gasteiger partial charge < -0.3 is 15.0 Å². The van der Waals surface area contributed by atoms with Crippen LogP contribution in [0.3, 0.4) is 0 Å². The maximum atomic E-state index is 12.1. The van der Waals surface area contributed by atoms with Crippen LogP contribution in [0.2, 0.25) is 0 Å². The predicted molar refractivity (Wildman–Crippen MR) is 92.7 cm³/mol. The minimum atomic E-state index is 0.0785. The highest BCUT2D eigenvalue weighted by Gasteiger charge is 2.20. The van der Waals surface area contributed by atoms with Crippen LogP contribution < -0.4 is 10.1 Å². The summed E-state index contributed by atoms with van der Waals surface area (Å²) in [6.45, 7) is 9.46. The van der Waals surface area contributed by atoms with E-state index in [2.05, 4.69) is 36.2 Å². The Labute approximate surface area is 139 Å². The summed E-state index contributed by atoms with van der Waals surface area (Å²) in [4.78, 5) is 16.4. The molecule has 0 saturated carbocycles. The zero-order valence-electron chi connectivity index (χ0n) is 14.5. The van der Waals surface area contributed by atoms with Crippen molar-refractivity contribution in [1.29, 1.82) is 0 Å². The second kappa shape index (κ2) is 8.77. The Kier molecular flexibility index (Phi) is 6.71. The van der Waals surface area contributed by atoms with Crippen LogP contribution in [0.25, 0.3) is 0 Å². The lowest BCUT2D eigenvalue weighted by Gasteiger charge is -2.34. The third-order valence-corrected chi connectivity index (χ3v) is 4.22. The van der Waals surface area contributed by atoms with Crippen LogP contribution in [0.15, 0.2) is 24.3 Å². The maximum absolute atomic E-state index is 12.1. The molecular weight excluding hydrogens is 290 g/mol. The van der Waals surface area contributed by atoms with Crippen molar-refractivity contribution in [3.05, 3.63) is 29.8 Å². The third-order valence-electron chi connectivity index (χ3n) is 4.22. The fraction of sp³-hybridized carbons (Fsp3) is 0.611. The summed E-state index contributed by atoms with van der Waals surface area (Å²) in [7, 11) is 1.68. The summed E-state index contributed by atoms with van der Waals surface area (Å²) in [5.41, 5.74) is 1.28. The lowest BCUT2D eigenvalue weighted by Crippen LogP contribution is -2.51. The Balaban J connectivity index is 1.71. The lowest BCUT2D eigenvalue weighted by atomic mass is 10.1. The maximum Gasteiger partial charge on any atom is 0.317 e. The number of hydrogen-bond acceptors (Lipinski definition) is 3. The van der Waals surface area contributed by atoms with Crippen LogP contribution in [0, 0.1) is 5.92 Å². The van der Waals surface area contributed by atoms with Crippen LogP contribution in [-0.4, -0.2) is 55.7 Å². The van der Waals surface area contributed by atoms with Gasteiger partial charge in [-0.25, -0.2) is 4.79 Å². The van der Waals surface area contributed by atoms with E-state index in [1.54, 1.807) is 7.11 Å². The zero-order chi connectivity index (χ0) is 16.7. The molecule has 1 heterocycles. The van der Waals surface area contributed by atoms with Gasteiger partial charge in [0, 0.05) is 39.3 Å². The van der Waals surface area contributed by atoms with Crippen LogP contribution in [-0.2, 0) is 6.54 Å². The number of rotatable bonds is 6. The quantitative estimate of drug-likeness (QED) is 0.876. The number of carbonyl (C=O) groups is 1. The molecule has 1 aromatic carbocycles. The first-order valence-electron chi connectivity index (χ1n) is 8.46. The first-order chi connectivity index (χ1) is 11.1. The smallest absolute Gasteiger partial charge is 0.317 e. The molecule has 5 nitrogen and oxygen atoms in total. The monoisotopic (exact) mass is 319 g/mol. The molecule has 0 atom stereocenters. The minimum Gasteiger partial charge on any atom is -0.497 e. The van der Waals surface area contributed by atoms with Gasteiger partial charge in [-0.1, -0.05) is 26.0 Å². The van der Waals surface area contributed by atoms with Crippen molar-refractivity contribution in [1.82, 2.24) is 15.1 Å². The first-order valence-corrected chi connectivity index (χ1v) is 8.46. The SMILES string of the molecule is COc1ccc(CN2CCN(C(=O)NCCC(C)C)CC2)cc1. The molecule has 23 heavy (non-hydrogen) atoms. The molecule has 1 N–H and O–H groups in total. The van der Waals surface area contributed by atoms with Crippen LogP contribution in [0.4, 0.5) is 4.79 Å². The molecule has 1 aliphatic rings. The number of benzene rings is 1. The minimum absolute atomic E-state index is 0.0785. The molecule has 0 spiro atoms. The summed E-state index contributed by atoms with van der Waals surface area (Å²) in [5, 5.41) is 3.02. The van der Waals surface area contributed by atoms with Gasteiger partial charge in [0.15, 0.2) is 0 Å². The number of hydrogen-bond donors (Lipinski definition) is 1. The van der Waals surface area contributed by atoms with E-state index in [1.165, 1.54) is 5.56 Å². The molecule has 0 aliphatic carbocycles. The molecule has 1 saturated heterocycles. The largest absolute Gasteiger partial charge is 0.497 e. The van der Waals surface area contributed by atoms with E-state index in [9.17, 15) is 4.79 Å². The van der Waals surface area contributed by atoms with E-state index in [-0.39, 0.29) is 6.03 Å². The summed E-state index contributed by atoms with van der Waals surface area (Å²) >= 11 is 0. The van der Waals surface area contributed by atoms with Gasteiger partial charge >= 0.3 is 6.03 Å². The first kappa shape index (κ1) is 17.6. The molecule has 1 aromatic rings. The van der Waals surface area contributed by atoms with Crippen LogP contribution in [0.5, 0.6) is 5.75 Å². The highest BCUT2D eigenvalue weighted by molar-refractivity contribution is 5.74. The average Bonchev–Trinajstić information content (AvgIpc) is 2.56. The highest BCUT2D eigenvalue weighted by Crippen LogP contribution is 2.14. The van der Waals surface area contributed by atoms with E-state index in [4.69, 9.17) is 4.74 Å². The summed E-state index contributed by atoms with van der Waals surface area (Å²) < 4.78 is 5.18. The molecule has 0 aromatic heterocycles. The van der Waals surface area contributed by atoms with Crippen LogP contribution >= 0.6 is 0 Å². The van der Waals surface area contributed by atoms with Crippen molar-refractivity contribution in [2.75, 3.05) is 39.8 Å². The molecule has 0 unspecified atom stereocenters. The van der Waals surface area contributed by atoms with Crippen molar-refractivity contribution >= 4 is 6.03 Å². The van der Waals surface area contributed by atoms with Crippen molar-refractivity contribution in [3.8, 4) is 5.75 Å². The molecule has 5 heteroatoms. The number of methoxy groups -OCH3 is 1.